The lowest BCUT2D eigenvalue weighted by atomic mass is 9.95. The molecule has 0 aliphatic carbocycles. The van der Waals surface area contributed by atoms with Gasteiger partial charge < -0.3 is 30.1 Å². The molecule has 2 aromatic carbocycles. The molecule has 2 aliphatic rings. The number of aliphatic hydroxyl groups is 1. The van der Waals surface area contributed by atoms with Crippen molar-refractivity contribution >= 4 is 40.8 Å². The third-order valence-electron chi connectivity index (χ3n) is 6.23. The number of fused-ring (bicyclic) bond motifs is 1. The van der Waals surface area contributed by atoms with Gasteiger partial charge in [-0.1, -0.05) is 35.3 Å². The first-order valence-corrected chi connectivity index (χ1v) is 12.5. The Morgan fingerprint density at radius 1 is 1.08 bits per heavy atom. The maximum atomic E-state index is 13.2. The Labute approximate surface area is 218 Å². The van der Waals surface area contributed by atoms with Gasteiger partial charge in [0, 0.05) is 12.2 Å². The van der Waals surface area contributed by atoms with Crippen LogP contribution in [0, 0.1) is 5.82 Å². The van der Waals surface area contributed by atoms with Crippen molar-refractivity contribution in [3.63, 3.8) is 0 Å². The number of nitrogens with zero attached hydrogens (tertiary/aromatic N) is 1. The first-order chi connectivity index (χ1) is 17.3. The number of urea groups is 1. The fourth-order valence-electron chi connectivity index (χ4n) is 4.43. The number of hydrogen-bond acceptors (Lipinski definition) is 5. The second-order valence-corrected chi connectivity index (χ2v) is 9.77. The molecule has 2 aromatic rings. The molecule has 0 spiro atoms. The van der Waals surface area contributed by atoms with Gasteiger partial charge in [0.25, 0.3) is 0 Å². The summed E-state index contributed by atoms with van der Waals surface area (Å²) in [4.78, 5) is 27.2. The van der Waals surface area contributed by atoms with Crippen molar-refractivity contribution in [2.45, 2.75) is 50.2 Å². The zero-order valence-electron chi connectivity index (χ0n) is 19.5. The number of nitrogens with one attached hydrogen (secondary N) is 2. The molecule has 2 saturated heterocycles. The van der Waals surface area contributed by atoms with Crippen molar-refractivity contribution in [3.05, 3.63) is 63.9 Å². The highest BCUT2D eigenvalue weighted by molar-refractivity contribution is 6.42. The monoisotopic (exact) mass is 539 g/mol. The average molecular weight is 540 g/mol. The highest BCUT2D eigenvalue weighted by Crippen LogP contribution is 2.29. The zero-order valence-corrected chi connectivity index (χ0v) is 21.0. The molecular formula is C25H28Cl2FN3O5. The maximum absolute atomic E-state index is 13.2. The standard InChI is InChI=1S/C25H28Cl2FN3O5/c26-20-7-5-17(9-21(20)27)30-25(34)31-12-18(32)13-35-14-23-22(31)8-6-19(36-23)10-24(33)29-11-15-1-3-16(28)4-2-15/h1-5,7,9,18-19,22-23,32H,6,8,10-14H2,(H,29,33)(H,30,34)/t18-,19+,22-,23+/m0/s1. The third kappa shape index (κ3) is 7.08. The van der Waals surface area contributed by atoms with Crippen LogP contribution in [-0.2, 0) is 20.8 Å². The number of halogens is 3. The molecule has 0 radical (unpaired) electrons. The number of carbonyl (C=O) groups excluding carboxylic acids is 2. The average Bonchev–Trinajstić information content (AvgIpc) is 2.84. The van der Waals surface area contributed by atoms with Gasteiger partial charge in [-0.25, -0.2) is 9.18 Å². The Hall–Kier alpha value is -2.43. The van der Waals surface area contributed by atoms with Crippen LogP contribution >= 0.6 is 23.2 Å². The predicted molar refractivity (Wildman–Crippen MR) is 134 cm³/mol. The molecule has 8 nitrogen and oxygen atoms in total. The van der Waals surface area contributed by atoms with E-state index >= 15 is 0 Å². The molecule has 194 valence electrons. The number of amides is 3. The molecule has 2 fully saturated rings. The van der Waals surface area contributed by atoms with Crippen LogP contribution in [0.25, 0.3) is 0 Å². The summed E-state index contributed by atoms with van der Waals surface area (Å²) in [7, 11) is 0. The number of rotatable bonds is 5. The van der Waals surface area contributed by atoms with E-state index in [0.29, 0.717) is 35.1 Å². The number of aliphatic hydroxyl groups excluding tert-OH is 1. The molecule has 3 amide bonds. The van der Waals surface area contributed by atoms with Crippen LogP contribution in [0.3, 0.4) is 0 Å². The van der Waals surface area contributed by atoms with E-state index in [2.05, 4.69) is 10.6 Å². The quantitative estimate of drug-likeness (QED) is 0.533. The number of carbonyl (C=O) groups is 2. The Morgan fingerprint density at radius 3 is 2.61 bits per heavy atom. The molecule has 3 N–H and O–H groups in total. The van der Waals surface area contributed by atoms with Gasteiger partial charge in [-0.2, -0.15) is 0 Å². The van der Waals surface area contributed by atoms with Crippen molar-refractivity contribution < 1.29 is 28.6 Å². The first kappa shape index (κ1) is 26.6. The van der Waals surface area contributed by atoms with Gasteiger partial charge >= 0.3 is 6.03 Å². The van der Waals surface area contributed by atoms with Crippen LogP contribution in [0.15, 0.2) is 42.5 Å². The first-order valence-electron chi connectivity index (χ1n) is 11.7. The van der Waals surface area contributed by atoms with E-state index in [1.807, 2.05) is 0 Å². The van der Waals surface area contributed by atoms with Gasteiger partial charge in [-0.3, -0.25) is 4.79 Å². The number of benzene rings is 2. The van der Waals surface area contributed by atoms with E-state index < -0.39 is 18.2 Å². The molecule has 0 saturated carbocycles. The molecule has 0 unspecified atom stereocenters. The van der Waals surface area contributed by atoms with E-state index in [4.69, 9.17) is 32.7 Å². The van der Waals surface area contributed by atoms with Gasteiger partial charge in [0.15, 0.2) is 0 Å². The second-order valence-electron chi connectivity index (χ2n) is 8.95. The third-order valence-corrected chi connectivity index (χ3v) is 6.97. The summed E-state index contributed by atoms with van der Waals surface area (Å²) >= 11 is 12.0. The van der Waals surface area contributed by atoms with Crippen LogP contribution in [0.1, 0.15) is 24.8 Å². The van der Waals surface area contributed by atoms with Crippen molar-refractivity contribution in [2.75, 3.05) is 25.1 Å². The van der Waals surface area contributed by atoms with E-state index in [-0.39, 0.29) is 50.0 Å². The van der Waals surface area contributed by atoms with Crippen LogP contribution in [0.4, 0.5) is 14.9 Å². The Kier molecular flexibility index (Phi) is 9.03. The molecule has 0 bridgehead atoms. The summed E-state index contributed by atoms with van der Waals surface area (Å²) < 4.78 is 24.8. The van der Waals surface area contributed by atoms with E-state index in [9.17, 15) is 19.1 Å². The normalized spacial score (nSPS) is 24.3. The van der Waals surface area contributed by atoms with Crippen LogP contribution in [0.5, 0.6) is 0 Å². The Balaban J connectivity index is 1.36. The van der Waals surface area contributed by atoms with E-state index in [0.717, 1.165) is 5.56 Å². The van der Waals surface area contributed by atoms with E-state index in [1.165, 1.54) is 12.1 Å². The number of ether oxygens (including phenoxy) is 2. The van der Waals surface area contributed by atoms with Crippen LogP contribution in [-0.4, -0.2) is 66.1 Å². The summed E-state index contributed by atoms with van der Waals surface area (Å²) in [6, 6.07) is 9.98. The fraction of sp³-hybridized carbons (Fsp3) is 0.440. The largest absolute Gasteiger partial charge is 0.389 e. The van der Waals surface area contributed by atoms with E-state index in [1.54, 1.807) is 35.2 Å². The summed E-state index contributed by atoms with van der Waals surface area (Å²) in [5, 5.41) is 16.6. The number of β-amino-alcohol motifs (C(OH)–C–C–N with tert-alkyl or cyclic N) is 1. The maximum Gasteiger partial charge on any atom is 0.322 e. The minimum Gasteiger partial charge on any atom is -0.389 e. The summed E-state index contributed by atoms with van der Waals surface area (Å²) in [6.07, 6.45) is -0.361. The lowest BCUT2D eigenvalue weighted by Crippen LogP contribution is -2.58. The molecule has 36 heavy (non-hydrogen) atoms. The highest BCUT2D eigenvalue weighted by atomic mass is 35.5. The lowest BCUT2D eigenvalue weighted by Gasteiger charge is -2.44. The van der Waals surface area contributed by atoms with Gasteiger partial charge in [0.05, 0.1) is 54.5 Å². The van der Waals surface area contributed by atoms with Crippen molar-refractivity contribution in [1.82, 2.24) is 10.2 Å². The molecule has 4 atom stereocenters. The highest BCUT2D eigenvalue weighted by Gasteiger charge is 2.40. The predicted octanol–water partition coefficient (Wildman–Crippen LogP) is 3.98. The Morgan fingerprint density at radius 2 is 1.86 bits per heavy atom. The van der Waals surface area contributed by atoms with Crippen molar-refractivity contribution in [2.24, 2.45) is 0 Å². The molecule has 2 aliphatic heterocycles. The van der Waals surface area contributed by atoms with Gasteiger partial charge in [-0.15, -0.1) is 0 Å². The van der Waals surface area contributed by atoms with Gasteiger partial charge in [0.2, 0.25) is 5.91 Å². The number of hydrogen-bond donors (Lipinski definition) is 3. The molecule has 0 aromatic heterocycles. The van der Waals surface area contributed by atoms with Crippen molar-refractivity contribution in [1.29, 1.82) is 0 Å². The van der Waals surface area contributed by atoms with Gasteiger partial charge in [0.1, 0.15) is 11.9 Å². The van der Waals surface area contributed by atoms with Crippen LogP contribution < -0.4 is 10.6 Å². The van der Waals surface area contributed by atoms with Crippen LogP contribution in [0.2, 0.25) is 10.0 Å². The summed E-state index contributed by atoms with van der Waals surface area (Å²) in [5.74, 6) is -0.511. The Bertz CT molecular complexity index is 1070. The summed E-state index contributed by atoms with van der Waals surface area (Å²) in [5.41, 5.74) is 1.27. The van der Waals surface area contributed by atoms with Gasteiger partial charge in [-0.05, 0) is 48.7 Å². The SMILES string of the molecule is O=C(C[C@H]1CC[C@H]2[C@@H](COC[C@@H](O)CN2C(=O)Nc2ccc(Cl)c(Cl)c2)O1)NCc1ccc(F)cc1. The lowest BCUT2D eigenvalue weighted by molar-refractivity contribution is -0.149. The van der Waals surface area contributed by atoms with Crippen molar-refractivity contribution in [3.8, 4) is 0 Å². The fourth-order valence-corrected chi connectivity index (χ4v) is 4.72. The summed E-state index contributed by atoms with van der Waals surface area (Å²) in [6.45, 7) is 0.611. The molecule has 11 heteroatoms. The smallest absolute Gasteiger partial charge is 0.322 e. The molecular weight excluding hydrogens is 512 g/mol. The molecule has 2 heterocycles. The minimum absolute atomic E-state index is 0.0615. The minimum atomic E-state index is -0.847. The second kappa shape index (κ2) is 12.2. The molecule has 4 rings (SSSR count). The number of anilines is 1. The topological polar surface area (TPSA) is 100 Å². The zero-order chi connectivity index (χ0) is 25.7.